The first-order valence-corrected chi connectivity index (χ1v) is 3.94. The molecule has 1 aliphatic rings. The van der Waals surface area contributed by atoms with Gasteiger partial charge >= 0.3 is 0 Å². The zero-order valence-corrected chi connectivity index (χ0v) is 7.23. The van der Waals surface area contributed by atoms with Crippen molar-refractivity contribution in [3.05, 3.63) is 23.7 Å². The normalized spacial score (nSPS) is 30.0. The van der Waals surface area contributed by atoms with Gasteiger partial charge in [-0.1, -0.05) is 6.04 Å². The van der Waals surface area contributed by atoms with Crippen LogP contribution in [0.4, 0.5) is 0 Å². The van der Waals surface area contributed by atoms with Crippen LogP contribution >= 0.6 is 0 Å². The van der Waals surface area contributed by atoms with Crippen LogP contribution in [0.1, 0.15) is 26.1 Å². The highest BCUT2D eigenvalue weighted by atomic mass is 16.7. The molecule has 0 bridgehead atoms. The molecular formula is C11H15NO2. The molecule has 0 amide bonds. The molecule has 14 heavy (non-hydrogen) atoms. The molecule has 1 unspecified atom stereocenters. The summed E-state index contributed by atoms with van der Waals surface area (Å²) in [7, 11) is 0. The first kappa shape index (κ1) is 3.14. The van der Waals surface area contributed by atoms with E-state index in [1.807, 2.05) is 0 Å². The standard InChI is InChI=1S/C11H15NO2/c1-8(12-2)5-9-3-4-10-11(6-9)14-7-13-10/h3-4,6,8,12H,5,7H2,1-2H3/i1D3,2D3,3D,4D,6D,8D. The van der Waals surface area contributed by atoms with E-state index in [4.69, 9.17) is 23.2 Å². The maximum atomic E-state index is 8.09. The Labute approximate surface area is 98.1 Å². The fourth-order valence-corrected chi connectivity index (χ4v) is 1.07. The van der Waals surface area contributed by atoms with Gasteiger partial charge in [0, 0.05) is 15.6 Å². The third-order valence-electron chi connectivity index (χ3n) is 1.71. The van der Waals surface area contributed by atoms with Crippen molar-refractivity contribution in [2.45, 2.75) is 19.3 Å². The Morgan fingerprint density at radius 3 is 3.43 bits per heavy atom. The molecule has 1 aliphatic heterocycles. The molecular weight excluding hydrogens is 178 g/mol. The molecule has 3 heteroatoms. The molecule has 0 spiro atoms. The highest BCUT2D eigenvalue weighted by Crippen LogP contribution is 2.32. The SMILES string of the molecule is [2H]c1c([2H])c2c(c([2H])c1CC([2H])(NC([2H])([2H])[2H])C([2H])([2H])[2H])OCO2. The summed E-state index contributed by atoms with van der Waals surface area (Å²) in [5, 5.41) is 1.77. The van der Waals surface area contributed by atoms with Crippen LogP contribution in [0, 0.1) is 0 Å². The Bertz CT molecular complexity index is 656. The van der Waals surface area contributed by atoms with Gasteiger partial charge in [-0.05, 0) is 37.9 Å². The predicted molar refractivity (Wildman–Crippen MR) is 54.8 cm³/mol. The summed E-state index contributed by atoms with van der Waals surface area (Å²) < 4.78 is 85.9. The third-order valence-corrected chi connectivity index (χ3v) is 1.71. The molecule has 0 aliphatic carbocycles. The van der Waals surface area contributed by atoms with Crippen LogP contribution in [-0.2, 0) is 6.42 Å². The molecule has 1 atom stereocenters. The lowest BCUT2D eigenvalue weighted by Gasteiger charge is -2.09. The molecule has 1 N–H and O–H groups in total. The van der Waals surface area contributed by atoms with E-state index in [1.54, 1.807) is 5.32 Å². The molecule has 1 aromatic carbocycles. The van der Waals surface area contributed by atoms with Crippen molar-refractivity contribution in [2.24, 2.45) is 0 Å². The van der Waals surface area contributed by atoms with Gasteiger partial charge in [-0.15, -0.1) is 0 Å². The number of benzene rings is 1. The number of rotatable bonds is 3. The van der Waals surface area contributed by atoms with Gasteiger partial charge < -0.3 is 14.8 Å². The van der Waals surface area contributed by atoms with Crippen LogP contribution in [-0.4, -0.2) is 19.8 Å². The zero-order chi connectivity index (χ0) is 18.5. The van der Waals surface area contributed by atoms with Crippen LogP contribution in [0.2, 0.25) is 0 Å². The fraction of sp³-hybridized carbons (Fsp3) is 0.455. The van der Waals surface area contributed by atoms with Crippen LogP contribution < -0.4 is 14.8 Å². The monoisotopic (exact) mass is 203 g/mol. The molecule has 0 saturated carbocycles. The van der Waals surface area contributed by atoms with E-state index in [0.717, 1.165) is 0 Å². The van der Waals surface area contributed by atoms with E-state index in [2.05, 4.69) is 0 Å². The summed E-state index contributed by atoms with van der Waals surface area (Å²) in [6.45, 7) is -6.21. The van der Waals surface area contributed by atoms with Gasteiger partial charge in [0.2, 0.25) is 6.79 Å². The third kappa shape index (κ3) is 1.82. The Morgan fingerprint density at radius 2 is 2.57 bits per heavy atom. The molecule has 1 aromatic rings. The van der Waals surface area contributed by atoms with E-state index < -0.39 is 44.4 Å². The van der Waals surface area contributed by atoms with E-state index in [0.29, 0.717) is 0 Å². The number of nitrogens with one attached hydrogen (secondary N) is 1. The van der Waals surface area contributed by atoms with E-state index in [1.165, 1.54) is 0 Å². The molecule has 0 saturated heterocycles. The van der Waals surface area contributed by atoms with Crippen molar-refractivity contribution in [1.82, 2.24) is 5.32 Å². The van der Waals surface area contributed by atoms with Crippen molar-refractivity contribution in [3.63, 3.8) is 0 Å². The molecule has 0 radical (unpaired) electrons. The number of hydrogen-bond donors (Lipinski definition) is 1. The molecule has 1 heterocycles. The Morgan fingerprint density at radius 1 is 1.64 bits per heavy atom. The maximum Gasteiger partial charge on any atom is 0.231 e. The minimum Gasteiger partial charge on any atom is -0.454 e. The first-order chi connectivity index (χ1) is 10.8. The second-order valence-corrected chi connectivity index (χ2v) is 2.70. The minimum atomic E-state index is -3.06. The van der Waals surface area contributed by atoms with Crippen molar-refractivity contribution >= 4 is 0 Å². The Hall–Kier alpha value is -1.22. The average Bonchev–Trinajstić information content (AvgIpc) is 2.87. The lowest BCUT2D eigenvalue weighted by molar-refractivity contribution is 0.174. The highest BCUT2D eigenvalue weighted by molar-refractivity contribution is 5.44. The number of likely N-dealkylation sites (N-methyl/N-ethyl adjacent to an activating group) is 1. The number of fused-ring (bicyclic) bond motifs is 1. The summed E-state index contributed by atoms with van der Waals surface area (Å²) >= 11 is 0. The summed E-state index contributed by atoms with van der Waals surface area (Å²) in [4.78, 5) is 0. The van der Waals surface area contributed by atoms with E-state index in [9.17, 15) is 0 Å². The summed E-state index contributed by atoms with van der Waals surface area (Å²) in [6, 6.07) is -3.98. The Kier molecular flexibility index (Phi) is 0.869. The van der Waals surface area contributed by atoms with Gasteiger partial charge in [0.1, 0.15) is 0 Å². The average molecular weight is 203 g/mol. The minimum absolute atomic E-state index is 0.0954. The van der Waals surface area contributed by atoms with Crippen LogP contribution in [0.3, 0.4) is 0 Å². The fourth-order valence-electron chi connectivity index (χ4n) is 1.07. The lowest BCUT2D eigenvalue weighted by atomic mass is 10.1. The van der Waals surface area contributed by atoms with Crippen molar-refractivity contribution < 1.29 is 23.2 Å². The zero-order valence-electron chi connectivity index (χ0n) is 17.2. The molecule has 76 valence electrons. The van der Waals surface area contributed by atoms with E-state index >= 15 is 0 Å². The predicted octanol–water partition coefficient (Wildman–Crippen LogP) is 1.57. The maximum absolute atomic E-state index is 8.09. The summed E-state index contributed by atoms with van der Waals surface area (Å²) in [5.41, 5.74) is -0.271. The van der Waals surface area contributed by atoms with Crippen molar-refractivity contribution in [1.29, 1.82) is 0 Å². The van der Waals surface area contributed by atoms with Gasteiger partial charge in [0.25, 0.3) is 0 Å². The lowest BCUT2D eigenvalue weighted by Crippen LogP contribution is -2.23. The summed E-state index contributed by atoms with van der Waals surface area (Å²) in [5.74, 6) is -0.213. The van der Waals surface area contributed by atoms with Gasteiger partial charge in [-0.3, -0.25) is 0 Å². The largest absolute Gasteiger partial charge is 0.454 e. The quantitative estimate of drug-likeness (QED) is 0.809. The highest BCUT2D eigenvalue weighted by Gasteiger charge is 2.13. The smallest absolute Gasteiger partial charge is 0.231 e. The Balaban J connectivity index is 2.54. The van der Waals surface area contributed by atoms with Gasteiger partial charge in [-0.25, -0.2) is 0 Å². The van der Waals surface area contributed by atoms with Crippen LogP contribution in [0.25, 0.3) is 0 Å². The van der Waals surface area contributed by atoms with Gasteiger partial charge in [-0.2, -0.15) is 0 Å². The van der Waals surface area contributed by atoms with Crippen LogP contribution in [0.15, 0.2) is 18.1 Å². The number of hydrogen-bond acceptors (Lipinski definition) is 3. The number of ether oxygens (including phenoxy) is 2. The molecule has 0 fully saturated rings. The van der Waals surface area contributed by atoms with Crippen molar-refractivity contribution in [2.75, 3.05) is 13.8 Å². The van der Waals surface area contributed by atoms with Gasteiger partial charge in [0.15, 0.2) is 11.5 Å². The molecule has 0 aromatic heterocycles. The van der Waals surface area contributed by atoms with Crippen LogP contribution in [0.5, 0.6) is 11.5 Å². The molecule has 3 nitrogen and oxygen atoms in total. The second kappa shape index (κ2) is 3.88. The topological polar surface area (TPSA) is 30.5 Å². The first-order valence-electron chi connectivity index (χ1n) is 8.94. The van der Waals surface area contributed by atoms with E-state index in [-0.39, 0.29) is 23.9 Å². The molecule has 2 rings (SSSR count). The van der Waals surface area contributed by atoms with Crippen molar-refractivity contribution in [3.8, 4) is 11.5 Å². The second-order valence-electron chi connectivity index (χ2n) is 2.70. The summed E-state index contributed by atoms with van der Waals surface area (Å²) in [6.07, 6.45) is -0.790. The van der Waals surface area contributed by atoms with Gasteiger partial charge in [0.05, 0.1) is 4.11 Å².